The van der Waals surface area contributed by atoms with Crippen LogP contribution >= 0.6 is 0 Å². The normalized spacial score (nSPS) is 18.8. The van der Waals surface area contributed by atoms with Gasteiger partial charge >= 0.3 is 12.3 Å². The lowest BCUT2D eigenvalue weighted by Crippen LogP contribution is -2.47. The van der Waals surface area contributed by atoms with E-state index in [1.807, 2.05) is 13.8 Å². The maximum atomic E-state index is 13.0. The van der Waals surface area contributed by atoms with Crippen molar-refractivity contribution in [2.45, 2.75) is 74.8 Å². The van der Waals surface area contributed by atoms with Gasteiger partial charge in [-0.2, -0.15) is 13.2 Å². The molecule has 2 heterocycles. The molecule has 0 saturated carbocycles. The average molecular weight is 481 g/mol. The van der Waals surface area contributed by atoms with Crippen molar-refractivity contribution in [3.05, 3.63) is 24.5 Å². The van der Waals surface area contributed by atoms with Gasteiger partial charge in [-0.25, -0.2) is 13.2 Å². The van der Waals surface area contributed by atoms with Crippen LogP contribution in [0, 0.1) is 5.41 Å². The minimum atomic E-state index is -4.83. The number of sulfone groups is 1. The molecule has 182 valence electrons. The van der Waals surface area contributed by atoms with Crippen molar-refractivity contribution >= 4 is 15.9 Å². The Morgan fingerprint density at radius 3 is 2.44 bits per heavy atom. The molecule has 0 bridgehead atoms. The highest BCUT2D eigenvalue weighted by atomic mass is 32.2. The number of nitrogens with zero attached hydrogens (tertiary/aromatic N) is 2. The summed E-state index contributed by atoms with van der Waals surface area (Å²) in [4.78, 5) is 17.4. The Morgan fingerprint density at radius 1 is 1.31 bits per heavy atom. The van der Waals surface area contributed by atoms with Gasteiger partial charge in [0.05, 0.1) is 16.8 Å². The fourth-order valence-electron chi connectivity index (χ4n) is 4.10. The molecule has 1 aromatic rings. The van der Waals surface area contributed by atoms with Crippen molar-refractivity contribution in [3.8, 4) is 0 Å². The molecule has 7 nitrogen and oxygen atoms in total. The molecule has 11 heteroatoms. The first-order valence-electron chi connectivity index (χ1n) is 10.8. The predicted molar refractivity (Wildman–Crippen MR) is 112 cm³/mol. The predicted octanol–water partition coefficient (Wildman–Crippen LogP) is 3.97. The molecule has 1 unspecified atom stereocenters. The van der Waals surface area contributed by atoms with Crippen molar-refractivity contribution in [2.24, 2.45) is 5.41 Å². The van der Waals surface area contributed by atoms with Gasteiger partial charge in [0.1, 0.15) is 0 Å². The van der Waals surface area contributed by atoms with Gasteiger partial charge in [-0.15, -0.1) is 0 Å². The number of carbonyl (C=O) groups is 1. The Balaban J connectivity index is 1.99. The average Bonchev–Trinajstić information content (AvgIpc) is 2.77. The van der Waals surface area contributed by atoms with Gasteiger partial charge in [-0.05, 0) is 49.7 Å². The van der Waals surface area contributed by atoms with Crippen LogP contribution < -0.4 is 0 Å². The number of ether oxygens (including phenoxy) is 1. The number of piperidine rings is 1. The molecule has 1 saturated heterocycles. The monoisotopic (exact) mass is 480 g/mol. The summed E-state index contributed by atoms with van der Waals surface area (Å²) in [6.07, 6.45) is -2.24. The van der Waals surface area contributed by atoms with Crippen LogP contribution in [0.15, 0.2) is 29.4 Å². The topological polar surface area (TPSA) is 96.8 Å². The number of pyridine rings is 1. The Hall–Kier alpha value is -1.88. The molecule has 1 fully saturated rings. The van der Waals surface area contributed by atoms with E-state index >= 15 is 0 Å². The molecular formula is C21H31F3N2O5S. The van der Waals surface area contributed by atoms with E-state index in [2.05, 4.69) is 9.72 Å². The summed E-state index contributed by atoms with van der Waals surface area (Å²) in [5.74, 6) is 0. The zero-order valence-corrected chi connectivity index (χ0v) is 19.2. The third-order valence-electron chi connectivity index (χ3n) is 6.46. The number of likely N-dealkylation sites (tertiary alicyclic amines) is 1. The number of carbonyl (C=O) groups excluding carboxylic acids is 1. The fourth-order valence-corrected chi connectivity index (χ4v) is 5.83. The number of hydrogen-bond donors (Lipinski definition) is 1. The second-order valence-corrected chi connectivity index (χ2v) is 10.5. The van der Waals surface area contributed by atoms with Gasteiger partial charge in [-0.3, -0.25) is 4.98 Å². The third-order valence-corrected chi connectivity index (χ3v) is 8.81. The first-order chi connectivity index (χ1) is 15.0. The molecule has 0 spiro atoms. The summed E-state index contributed by atoms with van der Waals surface area (Å²) < 4.78 is 68.6. The van der Waals surface area contributed by atoms with Crippen molar-refractivity contribution in [1.82, 2.24) is 9.88 Å². The molecule has 32 heavy (non-hydrogen) atoms. The third kappa shape index (κ3) is 6.34. The zero-order chi connectivity index (χ0) is 24.0. The first kappa shape index (κ1) is 26.4. The molecule has 0 radical (unpaired) electrons. The summed E-state index contributed by atoms with van der Waals surface area (Å²) in [5.41, 5.74) is -0.199. The van der Waals surface area contributed by atoms with Crippen molar-refractivity contribution in [1.29, 1.82) is 0 Å². The van der Waals surface area contributed by atoms with E-state index in [9.17, 15) is 26.4 Å². The largest absolute Gasteiger partial charge is 0.434 e. The summed E-state index contributed by atoms with van der Waals surface area (Å²) in [7, 11) is -3.52. The molecular weight excluding hydrogens is 449 g/mol. The Kier molecular flexibility index (Phi) is 8.92. The van der Waals surface area contributed by atoms with Crippen LogP contribution in [0.1, 0.15) is 52.4 Å². The van der Waals surface area contributed by atoms with Gasteiger partial charge in [0.15, 0.2) is 9.84 Å². The molecule has 1 amide bonds. The smallest absolute Gasteiger partial charge is 0.427 e. The minimum absolute atomic E-state index is 0.193. The Morgan fingerprint density at radius 2 is 1.97 bits per heavy atom. The fraction of sp³-hybridized carbons (Fsp3) is 0.714. The second kappa shape index (κ2) is 10.8. The van der Waals surface area contributed by atoms with Crippen LogP contribution in [0.3, 0.4) is 0 Å². The van der Waals surface area contributed by atoms with E-state index in [0.717, 1.165) is 6.42 Å². The van der Waals surface area contributed by atoms with Crippen LogP contribution in [0.2, 0.25) is 0 Å². The van der Waals surface area contributed by atoms with Gasteiger partial charge in [0.2, 0.25) is 6.10 Å². The number of rotatable bonds is 9. The van der Waals surface area contributed by atoms with Crippen LogP contribution in [0.4, 0.5) is 18.0 Å². The van der Waals surface area contributed by atoms with E-state index in [4.69, 9.17) is 5.11 Å². The number of halogens is 3. The molecule has 2 rings (SSSR count). The highest BCUT2D eigenvalue weighted by Crippen LogP contribution is 2.41. The molecule has 1 N–H and O–H groups in total. The number of aliphatic hydroxyl groups excluding tert-OH is 1. The summed E-state index contributed by atoms with van der Waals surface area (Å²) in [6.45, 7) is 2.93. The maximum Gasteiger partial charge on any atom is 0.427 e. The Bertz CT molecular complexity index is 841. The summed E-state index contributed by atoms with van der Waals surface area (Å²) in [5, 5.41) is 8.29. The molecule has 2 atom stereocenters. The van der Waals surface area contributed by atoms with Crippen LogP contribution in [0.5, 0.6) is 0 Å². The number of aliphatic hydroxyl groups is 1. The molecule has 0 aliphatic carbocycles. The van der Waals surface area contributed by atoms with E-state index in [-0.39, 0.29) is 23.4 Å². The summed E-state index contributed by atoms with van der Waals surface area (Å²) >= 11 is 0. The van der Waals surface area contributed by atoms with Crippen molar-refractivity contribution in [2.75, 3.05) is 19.7 Å². The van der Waals surface area contributed by atoms with Gasteiger partial charge in [-0.1, -0.05) is 20.3 Å². The van der Waals surface area contributed by atoms with E-state index in [0.29, 0.717) is 32.1 Å². The number of amides is 1. The highest BCUT2D eigenvalue weighted by molar-refractivity contribution is 7.92. The maximum absolute atomic E-state index is 13.0. The number of alkyl halides is 3. The van der Waals surface area contributed by atoms with E-state index < -0.39 is 40.1 Å². The molecule has 1 aliphatic rings. The second-order valence-electron chi connectivity index (χ2n) is 8.24. The quantitative estimate of drug-likeness (QED) is 0.575. The molecule has 1 aromatic heterocycles. The first-order valence-corrected chi connectivity index (χ1v) is 12.3. The highest BCUT2D eigenvalue weighted by Gasteiger charge is 2.44. The lowest BCUT2D eigenvalue weighted by molar-refractivity contribution is -0.215. The van der Waals surface area contributed by atoms with E-state index in [1.165, 1.54) is 23.4 Å². The number of aromatic nitrogens is 1. The minimum Gasteiger partial charge on any atom is -0.434 e. The lowest BCUT2D eigenvalue weighted by Gasteiger charge is -2.42. The van der Waals surface area contributed by atoms with Gasteiger partial charge in [0.25, 0.3) is 0 Å². The lowest BCUT2D eigenvalue weighted by atomic mass is 9.72. The van der Waals surface area contributed by atoms with Gasteiger partial charge in [0, 0.05) is 25.5 Å². The van der Waals surface area contributed by atoms with Crippen molar-refractivity contribution < 1.29 is 36.2 Å². The van der Waals surface area contributed by atoms with Gasteiger partial charge < -0.3 is 14.7 Å². The van der Waals surface area contributed by atoms with Crippen molar-refractivity contribution in [3.63, 3.8) is 0 Å². The van der Waals surface area contributed by atoms with Crippen LogP contribution in [-0.2, 0) is 14.6 Å². The number of hydrogen-bond acceptors (Lipinski definition) is 6. The van der Waals surface area contributed by atoms with Crippen LogP contribution in [-0.4, -0.2) is 66.7 Å². The SMILES string of the molecule is CCC(CCC1(CC)CCN(C(=O)O[C@H](CO)C(F)(F)F)CC1)S(=O)(=O)c1cccnc1. The standard InChI is InChI=1S/C21H31F3N2O5S/c1-3-16(32(29,30)17-6-5-11-25-14-17)7-8-20(4-2)9-12-26(13-10-20)19(28)31-18(15-27)21(22,23)24/h5-6,11,14,16,18,27H,3-4,7-10,12-13,15H2,1-2H3/t16?,18-/m1/s1. The molecule has 1 aliphatic heterocycles. The molecule has 0 aromatic carbocycles. The Labute approximate surface area is 186 Å². The van der Waals surface area contributed by atoms with E-state index in [1.54, 1.807) is 6.07 Å². The zero-order valence-electron chi connectivity index (χ0n) is 18.3. The summed E-state index contributed by atoms with van der Waals surface area (Å²) in [6, 6.07) is 3.12. The van der Waals surface area contributed by atoms with Crippen LogP contribution in [0.25, 0.3) is 0 Å².